The summed E-state index contributed by atoms with van der Waals surface area (Å²) in [6.45, 7) is 8.72. The molecule has 3 aromatic rings. The van der Waals surface area contributed by atoms with Gasteiger partial charge in [-0.3, -0.25) is 0 Å². The summed E-state index contributed by atoms with van der Waals surface area (Å²) in [4.78, 5) is 18.4. The number of urea groups is 1. The Morgan fingerprint density at radius 2 is 1.77 bits per heavy atom. The van der Waals surface area contributed by atoms with Gasteiger partial charge < -0.3 is 19.5 Å². The summed E-state index contributed by atoms with van der Waals surface area (Å²) in [5.41, 5.74) is 5.25. The molecule has 0 saturated heterocycles. The average Bonchev–Trinajstić information content (AvgIpc) is 3.15. The van der Waals surface area contributed by atoms with Gasteiger partial charge in [0.1, 0.15) is 5.75 Å². The van der Waals surface area contributed by atoms with Crippen LogP contribution in [0.5, 0.6) is 5.75 Å². The van der Waals surface area contributed by atoms with Crippen LogP contribution in [0.3, 0.4) is 0 Å². The normalized spacial score (nSPS) is 10.7. The largest absolute Gasteiger partial charge is 0.483 e. The molecule has 0 atom stereocenters. The molecule has 1 N–H and O–H groups in total. The molecule has 0 bridgehead atoms. The van der Waals surface area contributed by atoms with E-state index in [0.717, 1.165) is 28.1 Å². The van der Waals surface area contributed by atoms with Crippen molar-refractivity contribution in [1.82, 2.24) is 15.0 Å². The molecule has 7 nitrogen and oxygen atoms in total. The van der Waals surface area contributed by atoms with E-state index in [2.05, 4.69) is 21.5 Å². The van der Waals surface area contributed by atoms with Gasteiger partial charge in [-0.2, -0.15) is 4.98 Å². The number of ether oxygens (including phenoxy) is 1. The number of rotatable bonds is 7. The first-order valence-electron chi connectivity index (χ1n) is 9.92. The van der Waals surface area contributed by atoms with Crippen molar-refractivity contribution in [3.05, 3.63) is 70.4 Å². The number of hydrogen-bond acceptors (Lipinski definition) is 5. The Labute approximate surface area is 177 Å². The molecule has 0 aliphatic carbocycles. The van der Waals surface area contributed by atoms with E-state index < -0.39 is 0 Å². The van der Waals surface area contributed by atoms with E-state index in [9.17, 15) is 4.79 Å². The first-order valence-corrected chi connectivity index (χ1v) is 9.92. The Kier molecular flexibility index (Phi) is 6.72. The highest BCUT2D eigenvalue weighted by Crippen LogP contribution is 2.20. The fourth-order valence-corrected chi connectivity index (χ4v) is 3.08. The Balaban J connectivity index is 1.48. The molecule has 158 valence electrons. The van der Waals surface area contributed by atoms with Gasteiger partial charge >= 0.3 is 6.03 Å². The molecule has 3 rings (SSSR count). The van der Waals surface area contributed by atoms with E-state index in [1.54, 1.807) is 11.9 Å². The number of nitrogens with one attached hydrogen (secondary N) is 1. The zero-order valence-electron chi connectivity index (χ0n) is 18.2. The maximum atomic E-state index is 12.4. The topological polar surface area (TPSA) is 80.5 Å². The van der Waals surface area contributed by atoms with Gasteiger partial charge in [-0.15, -0.1) is 0 Å². The maximum absolute atomic E-state index is 12.4. The van der Waals surface area contributed by atoms with Gasteiger partial charge in [0.25, 0.3) is 5.89 Å². The number of aromatic nitrogens is 2. The highest BCUT2D eigenvalue weighted by atomic mass is 16.5. The van der Waals surface area contributed by atoms with E-state index in [4.69, 9.17) is 9.26 Å². The molecule has 1 heterocycles. The number of aryl methyl sites for hydroxylation is 4. The third-order valence-electron chi connectivity index (χ3n) is 4.83. The smallest absolute Gasteiger partial charge is 0.321 e. The molecule has 1 aromatic heterocycles. The van der Waals surface area contributed by atoms with E-state index in [1.807, 2.05) is 58.0 Å². The number of hydrogen-bond donors (Lipinski definition) is 1. The number of nitrogens with zero attached hydrogens (tertiary/aromatic N) is 3. The van der Waals surface area contributed by atoms with Crippen LogP contribution in [-0.2, 0) is 13.0 Å². The van der Waals surface area contributed by atoms with Crippen molar-refractivity contribution in [3.8, 4) is 5.75 Å². The SMILES string of the molecule is Cc1ccc(NC(=O)N(C)CCc2noc(COc3ccc(C)cc3C)n2)c(C)c1. The highest BCUT2D eigenvalue weighted by molar-refractivity contribution is 5.90. The van der Waals surface area contributed by atoms with E-state index in [0.29, 0.717) is 24.7 Å². The minimum atomic E-state index is -0.177. The summed E-state index contributed by atoms with van der Waals surface area (Å²) in [5, 5.41) is 6.91. The van der Waals surface area contributed by atoms with Crippen molar-refractivity contribution in [2.24, 2.45) is 0 Å². The van der Waals surface area contributed by atoms with Crippen molar-refractivity contribution in [2.75, 3.05) is 18.9 Å². The lowest BCUT2D eigenvalue weighted by Gasteiger charge is -2.18. The minimum absolute atomic E-state index is 0.177. The van der Waals surface area contributed by atoms with Crippen LogP contribution in [0.25, 0.3) is 0 Å². The number of amides is 2. The molecule has 30 heavy (non-hydrogen) atoms. The van der Waals surface area contributed by atoms with Crippen LogP contribution < -0.4 is 10.1 Å². The Hall–Kier alpha value is -3.35. The van der Waals surface area contributed by atoms with Crippen LogP contribution in [0.1, 0.15) is 34.0 Å². The second-order valence-electron chi connectivity index (χ2n) is 7.58. The molecular weight excluding hydrogens is 380 g/mol. The van der Waals surface area contributed by atoms with Gasteiger partial charge in [0, 0.05) is 25.7 Å². The first kappa shape index (κ1) is 21.4. The number of benzene rings is 2. The number of anilines is 1. The predicted molar refractivity (Wildman–Crippen MR) is 116 cm³/mol. The van der Waals surface area contributed by atoms with Gasteiger partial charge in [0.05, 0.1) is 0 Å². The van der Waals surface area contributed by atoms with Crippen molar-refractivity contribution in [2.45, 2.75) is 40.7 Å². The van der Waals surface area contributed by atoms with Gasteiger partial charge in [0.2, 0.25) is 0 Å². The Bertz CT molecular complexity index is 1030. The minimum Gasteiger partial charge on any atom is -0.483 e. The van der Waals surface area contributed by atoms with Gasteiger partial charge in [-0.1, -0.05) is 40.5 Å². The molecule has 2 aromatic carbocycles. The number of likely N-dealkylation sites (N-methyl/N-ethyl adjacent to an activating group) is 1. The molecular formula is C23H28N4O3. The number of carbonyl (C=O) groups is 1. The summed E-state index contributed by atoms with van der Waals surface area (Å²) < 4.78 is 11.0. The van der Waals surface area contributed by atoms with Gasteiger partial charge in [-0.25, -0.2) is 4.79 Å². The third-order valence-corrected chi connectivity index (χ3v) is 4.83. The van der Waals surface area contributed by atoms with Crippen molar-refractivity contribution in [3.63, 3.8) is 0 Å². The summed E-state index contributed by atoms with van der Waals surface area (Å²) in [5.74, 6) is 1.75. The molecule has 0 fully saturated rings. The lowest BCUT2D eigenvalue weighted by atomic mass is 10.1. The fraction of sp³-hybridized carbons (Fsp3) is 0.348. The third kappa shape index (κ3) is 5.59. The van der Waals surface area contributed by atoms with Crippen LogP contribution in [-0.4, -0.2) is 34.7 Å². The lowest BCUT2D eigenvalue weighted by molar-refractivity contribution is 0.222. The highest BCUT2D eigenvalue weighted by Gasteiger charge is 2.13. The van der Waals surface area contributed by atoms with Crippen molar-refractivity contribution in [1.29, 1.82) is 0 Å². The quantitative estimate of drug-likeness (QED) is 0.618. The van der Waals surface area contributed by atoms with Crippen LogP contribution in [0, 0.1) is 27.7 Å². The lowest BCUT2D eigenvalue weighted by Crippen LogP contribution is -2.33. The molecule has 0 radical (unpaired) electrons. The standard InChI is InChI=1S/C23H28N4O3/c1-15-6-8-19(17(3)12-15)24-23(28)27(5)11-10-21-25-22(30-26-21)14-29-20-9-7-16(2)13-18(20)4/h6-9,12-13H,10-11,14H2,1-5H3,(H,24,28). The Morgan fingerprint density at radius 1 is 1.07 bits per heavy atom. The fourth-order valence-electron chi connectivity index (χ4n) is 3.08. The maximum Gasteiger partial charge on any atom is 0.321 e. The van der Waals surface area contributed by atoms with Crippen molar-refractivity contribution >= 4 is 11.7 Å². The van der Waals surface area contributed by atoms with E-state index in [-0.39, 0.29) is 12.6 Å². The summed E-state index contributed by atoms with van der Waals surface area (Å²) in [6.07, 6.45) is 0.490. The monoisotopic (exact) mass is 408 g/mol. The molecule has 0 aliphatic rings. The summed E-state index contributed by atoms with van der Waals surface area (Å²) in [6, 6.07) is 11.8. The average molecular weight is 409 g/mol. The second kappa shape index (κ2) is 9.43. The molecule has 0 saturated carbocycles. The molecule has 0 spiro atoms. The molecule has 7 heteroatoms. The summed E-state index contributed by atoms with van der Waals surface area (Å²) >= 11 is 0. The van der Waals surface area contributed by atoms with Crippen LogP contribution >= 0.6 is 0 Å². The van der Waals surface area contributed by atoms with Gasteiger partial charge in [-0.05, 0) is 51.0 Å². The second-order valence-corrected chi connectivity index (χ2v) is 7.58. The molecule has 2 amide bonds. The van der Waals surface area contributed by atoms with Crippen molar-refractivity contribution < 1.29 is 14.1 Å². The van der Waals surface area contributed by atoms with E-state index >= 15 is 0 Å². The first-order chi connectivity index (χ1) is 14.3. The van der Waals surface area contributed by atoms with Gasteiger partial charge in [0.15, 0.2) is 12.4 Å². The molecule has 0 unspecified atom stereocenters. The molecule has 0 aliphatic heterocycles. The predicted octanol–water partition coefficient (Wildman–Crippen LogP) is 4.59. The summed E-state index contributed by atoms with van der Waals surface area (Å²) in [7, 11) is 1.74. The van der Waals surface area contributed by atoms with Crippen LogP contribution in [0.4, 0.5) is 10.5 Å². The number of carbonyl (C=O) groups excluding carboxylic acids is 1. The Morgan fingerprint density at radius 3 is 2.47 bits per heavy atom. The van der Waals surface area contributed by atoms with Crippen LogP contribution in [0.2, 0.25) is 0 Å². The van der Waals surface area contributed by atoms with E-state index in [1.165, 1.54) is 5.56 Å². The van der Waals surface area contributed by atoms with Crippen LogP contribution in [0.15, 0.2) is 40.9 Å². The zero-order chi connectivity index (χ0) is 21.7. The zero-order valence-corrected chi connectivity index (χ0v) is 18.2.